The molecule has 1 atom stereocenters. The van der Waals surface area contributed by atoms with E-state index in [4.69, 9.17) is 0 Å². The van der Waals surface area contributed by atoms with Crippen molar-refractivity contribution in [2.75, 3.05) is 17.9 Å². The van der Waals surface area contributed by atoms with E-state index in [1.807, 2.05) is 37.3 Å². The van der Waals surface area contributed by atoms with Gasteiger partial charge >= 0.3 is 0 Å². The molecule has 0 aliphatic heterocycles. The van der Waals surface area contributed by atoms with Crippen LogP contribution in [0.25, 0.3) is 0 Å². The minimum Gasteiger partial charge on any atom is -0.357 e. The number of nitrogens with zero attached hydrogens (tertiary/aromatic N) is 2. The lowest BCUT2D eigenvalue weighted by Crippen LogP contribution is -2.51. The summed E-state index contributed by atoms with van der Waals surface area (Å²) in [6, 6.07) is 19.7. The van der Waals surface area contributed by atoms with Crippen LogP contribution in [0.5, 0.6) is 0 Å². The molecule has 0 unspecified atom stereocenters. The molecule has 7 nitrogen and oxygen atoms in total. The van der Waals surface area contributed by atoms with Gasteiger partial charge in [0.1, 0.15) is 18.4 Å². The molecule has 0 heterocycles. The smallest absolute Gasteiger partial charge is 0.264 e. The van der Waals surface area contributed by atoms with Crippen LogP contribution in [-0.4, -0.2) is 44.8 Å². The van der Waals surface area contributed by atoms with Crippen LogP contribution in [0.4, 0.5) is 10.1 Å². The number of benzene rings is 3. The first-order valence-corrected chi connectivity index (χ1v) is 13.0. The Morgan fingerprint density at radius 2 is 1.56 bits per heavy atom. The number of rotatable bonds is 10. The number of aryl methyl sites for hydroxylation is 1. The van der Waals surface area contributed by atoms with Gasteiger partial charge in [0.15, 0.2) is 0 Å². The molecule has 9 heteroatoms. The second-order valence-corrected chi connectivity index (χ2v) is 10.2. The lowest BCUT2D eigenvalue weighted by atomic mass is 10.1. The fourth-order valence-corrected chi connectivity index (χ4v) is 5.29. The van der Waals surface area contributed by atoms with E-state index in [2.05, 4.69) is 5.32 Å². The van der Waals surface area contributed by atoms with E-state index in [0.717, 1.165) is 21.5 Å². The Morgan fingerprint density at radius 1 is 0.944 bits per heavy atom. The summed E-state index contributed by atoms with van der Waals surface area (Å²) in [5.41, 5.74) is 1.37. The summed E-state index contributed by atoms with van der Waals surface area (Å²) < 4.78 is 42.9. The van der Waals surface area contributed by atoms with Gasteiger partial charge in [0.2, 0.25) is 11.8 Å². The quantitative estimate of drug-likeness (QED) is 0.448. The SMILES string of the molecule is CC[C@H](C(=O)NC)N(Cc1ccccc1)C(=O)CN(c1ccccc1F)S(=O)(=O)c1ccc(C)cc1. The van der Waals surface area contributed by atoms with Gasteiger partial charge in [-0.25, -0.2) is 12.8 Å². The highest BCUT2D eigenvalue weighted by atomic mass is 32.2. The lowest BCUT2D eigenvalue weighted by molar-refractivity contribution is -0.140. The number of amides is 2. The third-order valence-electron chi connectivity index (χ3n) is 5.84. The minimum atomic E-state index is -4.31. The number of halogens is 1. The van der Waals surface area contributed by atoms with Crippen LogP contribution in [0.15, 0.2) is 83.8 Å². The zero-order valence-corrected chi connectivity index (χ0v) is 21.3. The van der Waals surface area contributed by atoms with Gasteiger partial charge in [0, 0.05) is 13.6 Å². The van der Waals surface area contributed by atoms with Crippen LogP contribution < -0.4 is 9.62 Å². The van der Waals surface area contributed by atoms with Crippen molar-refractivity contribution < 1.29 is 22.4 Å². The normalized spacial score (nSPS) is 12.0. The number of carbonyl (C=O) groups excluding carboxylic acids is 2. The average molecular weight is 512 g/mol. The molecule has 3 rings (SSSR count). The number of likely N-dealkylation sites (N-methyl/N-ethyl adjacent to an activating group) is 1. The van der Waals surface area contributed by atoms with Crippen LogP contribution in [0.3, 0.4) is 0 Å². The van der Waals surface area contributed by atoms with Gasteiger partial charge in [-0.3, -0.25) is 13.9 Å². The molecule has 3 aromatic carbocycles. The summed E-state index contributed by atoms with van der Waals surface area (Å²) in [7, 11) is -2.83. The summed E-state index contributed by atoms with van der Waals surface area (Å²) in [4.78, 5) is 27.6. The van der Waals surface area contributed by atoms with Gasteiger partial charge in [0.05, 0.1) is 10.6 Å². The zero-order valence-electron chi connectivity index (χ0n) is 20.5. The molecule has 0 bridgehead atoms. The van der Waals surface area contributed by atoms with Gasteiger partial charge < -0.3 is 10.2 Å². The fraction of sp³-hybridized carbons (Fsp3) is 0.259. The molecule has 0 spiro atoms. The number of sulfonamides is 1. The van der Waals surface area contributed by atoms with Crippen molar-refractivity contribution in [1.82, 2.24) is 10.2 Å². The highest BCUT2D eigenvalue weighted by Crippen LogP contribution is 2.27. The third-order valence-corrected chi connectivity index (χ3v) is 7.61. The van der Waals surface area contributed by atoms with E-state index in [0.29, 0.717) is 6.42 Å². The van der Waals surface area contributed by atoms with Gasteiger partial charge in [0.25, 0.3) is 10.0 Å². The van der Waals surface area contributed by atoms with Crippen LogP contribution in [-0.2, 0) is 26.2 Å². The van der Waals surface area contributed by atoms with Crippen molar-refractivity contribution in [2.24, 2.45) is 0 Å². The fourth-order valence-electron chi connectivity index (χ4n) is 3.87. The molecule has 0 saturated carbocycles. The molecule has 190 valence electrons. The topological polar surface area (TPSA) is 86.8 Å². The molecule has 0 radical (unpaired) electrons. The number of hydrogen-bond acceptors (Lipinski definition) is 4. The molecular weight excluding hydrogens is 481 g/mol. The van der Waals surface area contributed by atoms with Crippen molar-refractivity contribution >= 4 is 27.5 Å². The number of hydrogen-bond donors (Lipinski definition) is 1. The summed E-state index contributed by atoms with van der Waals surface area (Å²) in [5.74, 6) is -1.79. The third kappa shape index (κ3) is 6.09. The van der Waals surface area contributed by atoms with E-state index in [9.17, 15) is 22.4 Å². The Hall–Kier alpha value is -3.72. The van der Waals surface area contributed by atoms with Crippen molar-refractivity contribution in [1.29, 1.82) is 0 Å². The van der Waals surface area contributed by atoms with Gasteiger partial charge in [-0.05, 0) is 43.2 Å². The van der Waals surface area contributed by atoms with Crippen LogP contribution >= 0.6 is 0 Å². The van der Waals surface area contributed by atoms with Crippen molar-refractivity contribution in [3.63, 3.8) is 0 Å². The highest BCUT2D eigenvalue weighted by Gasteiger charge is 2.34. The Bertz CT molecular complexity index is 1300. The van der Waals surface area contributed by atoms with E-state index >= 15 is 0 Å². The first-order chi connectivity index (χ1) is 17.2. The monoisotopic (exact) mass is 511 g/mol. The maximum Gasteiger partial charge on any atom is 0.264 e. The summed E-state index contributed by atoms with van der Waals surface area (Å²) >= 11 is 0. The Labute approximate surface area is 211 Å². The van der Waals surface area contributed by atoms with Crippen LogP contribution in [0.2, 0.25) is 0 Å². The van der Waals surface area contributed by atoms with E-state index in [1.165, 1.54) is 42.3 Å². The van der Waals surface area contributed by atoms with E-state index < -0.39 is 34.3 Å². The predicted molar refractivity (Wildman–Crippen MR) is 137 cm³/mol. The van der Waals surface area contributed by atoms with E-state index in [-0.39, 0.29) is 23.0 Å². The molecule has 3 aromatic rings. The standard InChI is InChI=1S/C27H30FN3O4S/c1-4-24(27(33)29-3)30(18-21-10-6-5-7-11-21)26(32)19-31(25-13-9-8-12-23(25)28)36(34,35)22-16-14-20(2)15-17-22/h5-17,24H,4,18-19H2,1-3H3,(H,29,33)/t24-/m1/s1. The molecule has 0 fully saturated rings. The zero-order chi connectivity index (χ0) is 26.3. The number of nitrogens with one attached hydrogen (secondary N) is 1. The first kappa shape index (κ1) is 26.9. The van der Waals surface area contributed by atoms with Gasteiger partial charge in [-0.1, -0.05) is 67.1 Å². The summed E-state index contributed by atoms with van der Waals surface area (Å²) in [6.45, 7) is 2.99. The second-order valence-electron chi connectivity index (χ2n) is 8.32. The molecular formula is C27H30FN3O4S. The van der Waals surface area contributed by atoms with Gasteiger partial charge in [-0.2, -0.15) is 0 Å². The Kier molecular flexibility index (Phi) is 8.82. The first-order valence-electron chi connectivity index (χ1n) is 11.6. The lowest BCUT2D eigenvalue weighted by Gasteiger charge is -2.33. The van der Waals surface area contributed by atoms with Crippen molar-refractivity contribution in [2.45, 2.75) is 37.8 Å². The minimum absolute atomic E-state index is 0.0721. The molecule has 2 amide bonds. The van der Waals surface area contributed by atoms with E-state index in [1.54, 1.807) is 19.1 Å². The van der Waals surface area contributed by atoms with Gasteiger partial charge in [-0.15, -0.1) is 0 Å². The maximum atomic E-state index is 14.9. The average Bonchev–Trinajstić information content (AvgIpc) is 2.88. The van der Waals surface area contributed by atoms with Crippen molar-refractivity contribution in [3.05, 3.63) is 95.8 Å². The van der Waals surface area contributed by atoms with Crippen molar-refractivity contribution in [3.8, 4) is 0 Å². The number of para-hydroxylation sites is 1. The second kappa shape index (κ2) is 11.8. The number of carbonyl (C=O) groups is 2. The molecule has 0 aliphatic carbocycles. The molecule has 1 N–H and O–H groups in total. The van der Waals surface area contributed by atoms with Crippen LogP contribution in [0, 0.1) is 12.7 Å². The largest absolute Gasteiger partial charge is 0.357 e. The molecule has 0 aromatic heterocycles. The highest BCUT2D eigenvalue weighted by molar-refractivity contribution is 7.92. The molecule has 0 saturated heterocycles. The molecule has 36 heavy (non-hydrogen) atoms. The Morgan fingerprint density at radius 3 is 2.14 bits per heavy atom. The summed E-state index contributed by atoms with van der Waals surface area (Å²) in [5, 5.41) is 2.57. The number of anilines is 1. The van der Waals surface area contributed by atoms with Crippen LogP contribution in [0.1, 0.15) is 24.5 Å². The summed E-state index contributed by atoms with van der Waals surface area (Å²) in [6.07, 6.45) is 0.308. The maximum absolute atomic E-state index is 14.9. The molecule has 0 aliphatic rings. The predicted octanol–water partition coefficient (Wildman–Crippen LogP) is 3.88. The Balaban J connectivity index is 2.06.